The Labute approximate surface area is 195 Å². The van der Waals surface area contributed by atoms with Crippen molar-refractivity contribution in [3.05, 3.63) is 87.3 Å². The number of fused-ring (bicyclic) bond motifs is 2. The van der Waals surface area contributed by atoms with E-state index in [-0.39, 0.29) is 11.5 Å². The average Bonchev–Trinajstić information content (AvgIpc) is 3.21. The average molecular weight is 539 g/mol. The van der Waals surface area contributed by atoms with Gasteiger partial charge in [-0.3, -0.25) is 0 Å². The number of halogens is 2. The maximum absolute atomic E-state index is 14.2. The zero-order valence-corrected chi connectivity index (χ0v) is 18.9. The summed E-state index contributed by atoms with van der Waals surface area (Å²) in [6.45, 7) is 2.06. The molecule has 0 aliphatic heterocycles. The molecule has 0 saturated heterocycles. The fourth-order valence-electron chi connectivity index (χ4n) is 3.63. The summed E-state index contributed by atoms with van der Waals surface area (Å²) in [7, 11) is 0. The van der Waals surface area contributed by atoms with E-state index in [9.17, 15) is 9.18 Å². The van der Waals surface area contributed by atoms with Gasteiger partial charge in [-0.2, -0.15) is 5.10 Å². The topological polar surface area (TPSA) is 93.3 Å². The van der Waals surface area contributed by atoms with Gasteiger partial charge in [0.05, 0.1) is 29.2 Å². The first kappa shape index (κ1) is 20.4. The molecule has 0 saturated carbocycles. The number of nitrogens with zero attached hydrogens (tertiary/aromatic N) is 5. The van der Waals surface area contributed by atoms with Gasteiger partial charge in [0.25, 0.3) is 5.78 Å². The first-order valence-electron chi connectivity index (χ1n) is 9.71. The van der Waals surface area contributed by atoms with E-state index in [1.54, 1.807) is 10.7 Å². The highest BCUT2D eigenvalue weighted by molar-refractivity contribution is 14.1. The van der Waals surface area contributed by atoms with E-state index in [0.717, 1.165) is 31.9 Å². The Hall–Kier alpha value is -3.47. The summed E-state index contributed by atoms with van der Waals surface area (Å²) >= 11 is 2.19. The number of imidazole rings is 1. The van der Waals surface area contributed by atoms with Crippen LogP contribution in [0.25, 0.3) is 27.9 Å². The monoisotopic (exact) mass is 539 g/mol. The molecule has 0 radical (unpaired) electrons. The molecule has 7 nitrogen and oxygen atoms in total. The molecule has 9 heteroatoms. The Balaban J connectivity index is 1.56. The summed E-state index contributed by atoms with van der Waals surface area (Å²) < 4.78 is 16.7. The lowest BCUT2D eigenvalue weighted by molar-refractivity contribution is 0.0692. The van der Waals surface area contributed by atoms with Gasteiger partial charge in [0.15, 0.2) is 0 Å². The van der Waals surface area contributed by atoms with Gasteiger partial charge >= 0.3 is 5.97 Å². The van der Waals surface area contributed by atoms with Crippen molar-refractivity contribution in [2.24, 2.45) is 0 Å². The first-order chi connectivity index (χ1) is 15.4. The Morgan fingerprint density at radius 1 is 1.09 bits per heavy atom. The van der Waals surface area contributed by atoms with Crippen molar-refractivity contribution in [2.45, 2.75) is 12.8 Å². The number of rotatable bonds is 4. The molecule has 0 spiro atoms. The predicted octanol–water partition coefficient (Wildman–Crippen LogP) is 4.93. The molecular weight excluding hydrogens is 524 g/mol. The van der Waals surface area contributed by atoms with Crippen LogP contribution in [0.5, 0.6) is 0 Å². The molecule has 1 atom stereocenters. The van der Waals surface area contributed by atoms with Crippen LogP contribution >= 0.6 is 22.6 Å². The zero-order chi connectivity index (χ0) is 22.4. The van der Waals surface area contributed by atoms with Crippen LogP contribution in [0.15, 0.2) is 60.9 Å². The Morgan fingerprint density at radius 3 is 2.69 bits per heavy atom. The lowest BCUT2D eigenvalue weighted by atomic mass is 9.97. The van der Waals surface area contributed by atoms with E-state index in [1.807, 2.05) is 24.3 Å². The molecular formula is C23H15FIN5O2. The van der Waals surface area contributed by atoms with E-state index >= 15 is 0 Å². The summed E-state index contributed by atoms with van der Waals surface area (Å²) in [5.74, 6) is -1.75. The van der Waals surface area contributed by atoms with Crippen LogP contribution in [-0.2, 0) is 0 Å². The molecule has 0 aliphatic rings. The molecule has 158 valence electrons. The number of aromatic carboxylic acids is 1. The standard InChI is InChI=1S/C23H15FIN5O2/c1-12(13-3-6-18-14(8-13)4-7-21(25)28-18)20-11-27-23-26-10-19(29-30(20)23)15-2-5-16(22(31)32)17(24)9-15/h2-12H,1H3,(H,31,32). The van der Waals surface area contributed by atoms with Crippen molar-refractivity contribution in [3.63, 3.8) is 0 Å². The fraction of sp³-hybridized carbons (Fsp3) is 0.0870. The lowest BCUT2D eigenvalue weighted by Crippen LogP contribution is -2.06. The lowest BCUT2D eigenvalue weighted by Gasteiger charge is -2.12. The molecule has 0 amide bonds. The maximum Gasteiger partial charge on any atom is 0.338 e. The van der Waals surface area contributed by atoms with Crippen LogP contribution in [0.3, 0.4) is 0 Å². The van der Waals surface area contributed by atoms with Crippen molar-refractivity contribution in [2.75, 3.05) is 0 Å². The highest BCUT2D eigenvalue weighted by atomic mass is 127. The van der Waals surface area contributed by atoms with Gasteiger partial charge in [0, 0.05) is 16.9 Å². The number of carbonyl (C=O) groups is 1. The third-order valence-corrected chi connectivity index (χ3v) is 5.98. The van der Waals surface area contributed by atoms with Crippen LogP contribution in [-0.4, -0.2) is 35.6 Å². The number of aromatic nitrogens is 5. The quantitative estimate of drug-likeness (QED) is 0.257. The molecule has 3 aromatic heterocycles. The minimum absolute atomic E-state index is 0.0376. The van der Waals surface area contributed by atoms with Crippen molar-refractivity contribution in [1.82, 2.24) is 24.6 Å². The Kier molecular flexibility index (Phi) is 5.04. The largest absolute Gasteiger partial charge is 0.478 e. The number of pyridine rings is 1. The van der Waals surface area contributed by atoms with Crippen LogP contribution < -0.4 is 0 Å². The van der Waals surface area contributed by atoms with Gasteiger partial charge in [0.2, 0.25) is 0 Å². The number of carboxylic acids is 1. The van der Waals surface area contributed by atoms with Gasteiger partial charge in [-0.15, -0.1) is 0 Å². The molecule has 0 bridgehead atoms. The van der Waals surface area contributed by atoms with Crippen LogP contribution in [0.1, 0.15) is 34.5 Å². The highest BCUT2D eigenvalue weighted by Gasteiger charge is 2.18. The molecule has 0 aliphatic carbocycles. The molecule has 5 rings (SSSR count). The summed E-state index contributed by atoms with van der Waals surface area (Å²) in [5.41, 5.74) is 3.29. The van der Waals surface area contributed by atoms with Gasteiger partial charge in [-0.1, -0.05) is 25.1 Å². The van der Waals surface area contributed by atoms with Crippen molar-refractivity contribution in [3.8, 4) is 11.3 Å². The molecule has 1 unspecified atom stereocenters. The molecule has 1 N–H and O–H groups in total. The number of benzene rings is 2. The van der Waals surface area contributed by atoms with Crippen molar-refractivity contribution < 1.29 is 14.3 Å². The first-order valence-corrected chi connectivity index (χ1v) is 10.8. The maximum atomic E-state index is 14.2. The zero-order valence-electron chi connectivity index (χ0n) is 16.7. The van der Waals surface area contributed by atoms with Gasteiger partial charge in [-0.25, -0.2) is 28.7 Å². The normalized spacial score (nSPS) is 12.3. The number of hydrogen-bond acceptors (Lipinski definition) is 5. The van der Waals surface area contributed by atoms with Crippen molar-refractivity contribution >= 4 is 45.2 Å². The second-order valence-corrected chi connectivity index (χ2v) is 8.45. The van der Waals surface area contributed by atoms with Crippen LogP contribution in [0, 0.1) is 9.52 Å². The second-order valence-electron chi connectivity index (χ2n) is 7.35. The third kappa shape index (κ3) is 3.58. The summed E-state index contributed by atoms with van der Waals surface area (Å²) in [5, 5.41) is 14.7. The Bertz CT molecular complexity index is 1520. The van der Waals surface area contributed by atoms with E-state index in [4.69, 9.17) is 5.11 Å². The summed E-state index contributed by atoms with van der Waals surface area (Å²) in [4.78, 5) is 24.3. The fourth-order valence-corrected chi connectivity index (χ4v) is 4.07. The number of carboxylic acid groups (broad SMARTS) is 1. The SMILES string of the molecule is CC(c1ccc2nc(I)ccc2c1)c1cnc2ncc(-c3ccc(C(=O)O)c(F)c3)nn12. The van der Waals surface area contributed by atoms with E-state index in [2.05, 4.69) is 55.6 Å². The minimum Gasteiger partial charge on any atom is -0.478 e. The molecule has 0 fully saturated rings. The van der Waals surface area contributed by atoms with Crippen LogP contribution in [0.4, 0.5) is 4.39 Å². The predicted molar refractivity (Wildman–Crippen MR) is 125 cm³/mol. The van der Waals surface area contributed by atoms with Crippen molar-refractivity contribution in [1.29, 1.82) is 0 Å². The van der Waals surface area contributed by atoms with E-state index in [1.165, 1.54) is 18.3 Å². The van der Waals surface area contributed by atoms with Crippen LogP contribution in [0.2, 0.25) is 0 Å². The smallest absolute Gasteiger partial charge is 0.338 e. The molecule has 3 heterocycles. The Morgan fingerprint density at radius 2 is 1.91 bits per heavy atom. The molecule has 2 aromatic carbocycles. The second kappa shape index (κ2) is 7.90. The third-order valence-electron chi connectivity index (χ3n) is 5.37. The number of hydrogen-bond donors (Lipinski definition) is 1. The van der Waals surface area contributed by atoms with E-state index in [0.29, 0.717) is 17.0 Å². The summed E-state index contributed by atoms with van der Waals surface area (Å²) in [6.07, 6.45) is 3.23. The minimum atomic E-state index is -1.32. The van der Waals surface area contributed by atoms with E-state index < -0.39 is 11.8 Å². The molecule has 32 heavy (non-hydrogen) atoms. The van der Waals surface area contributed by atoms with Gasteiger partial charge < -0.3 is 5.11 Å². The molecule has 5 aromatic rings. The van der Waals surface area contributed by atoms with Gasteiger partial charge in [-0.05, 0) is 58.5 Å². The summed E-state index contributed by atoms with van der Waals surface area (Å²) in [6, 6.07) is 14.0. The van der Waals surface area contributed by atoms with Gasteiger partial charge in [0.1, 0.15) is 15.2 Å². The highest BCUT2D eigenvalue weighted by Crippen LogP contribution is 2.28.